The molecule has 0 aromatic heterocycles. The molecule has 3 heteroatoms. The monoisotopic (exact) mass is 317 g/mol. The van der Waals surface area contributed by atoms with E-state index in [9.17, 15) is 10.2 Å². The standard InChI is InChI=1S/C20H31NO2/c1-11-6-7-15-16-8-12-9-20(15,23)19(21(11)16)10-17(22)13-4-2-3-5-14(13)18(12)19/h11-18,22-23H,2-10H2,1H3/t11-,12-,13+,14+,15+,16+,17+,18-,19-,20+/m1/s1. The highest BCUT2D eigenvalue weighted by atomic mass is 16.3. The van der Waals surface area contributed by atoms with Gasteiger partial charge in [0.05, 0.1) is 17.2 Å². The molecule has 11 atom stereocenters. The smallest absolute Gasteiger partial charge is 0.0880 e. The lowest BCUT2D eigenvalue weighted by atomic mass is 9.54. The van der Waals surface area contributed by atoms with Crippen LogP contribution in [0.2, 0.25) is 0 Å². The van der Waals surface area contributed by atoms with E-state index >= 15 is 0 Å². The first-order chi connectivity index (χ1) is 11.1. The summed E-state index contributed by atoms with van der Waals surface area (Å²) in [5.74, 6) is 3.10. The van der Waals surface area contributed by atoms with Gasteiger partial charge in [-0.1, -0.05) is 12.8 Å². The van der Waals surface area contributed by atoms with E-state index in [0.717, 1.165) is 18.8 Å². The van der Waals surface area contributed by atoms with E-state index in [-0.39, 0.29) is 11.6 Å². The zero-order chi connectivity index (χ0) is 15.6. The van der Waals surface area contributed by atoms with E-state index in [0.29, 0.717) is 35.8 Å². The molecule has 4 saturated carbocycles. The Bertz CT molecular complexity index is 552. The first-order valence-corrected chi connectivity index (χ1v) is 10.3. The second-order valence-corrected chi connectivity index (χ2v) is 9.97. The molecule has 0 aromatic rings. The lowest BCUT2D eigenvalue weighted by Gasteiger charge is -2.61. The van der Waals surface area contributed by atoms with Crippen LogP contribution < -0.4 is 0 Å². The highest BCUT2D eigenvalue weighted by Crippen LogP contribution is 2.75. The highest BCUT2D eigenvalue weighted by molar-refractivity contribution is 5.34. The van der Waals surface area contributed by atoms with Crippen LogP contribution in [0.1, 0.15) is 64.7 Å². The number of fused-ring (bicyclic) bond motifs is 1. The van der Waals surface area contributed by atoms with Crippen LogP contribution in [0.5, 0.6) is 0 Å². The topological polar surface area (TPSA) is 43.7 Å². The van der Waals surface area contributed by atoms with E-state index in [1.807, 2.05) is 0 Å². The number of aliphatic hydroxyl groups excluding tert-OH is 1. The fourth-order valence-electron chi connectivity index (χ4n) is 9.29. The van der Waals surface area contributed by atoms with E-state index < -0.39 is 5.60 Å². The van der Waals surface area contributed by atoms with Crippen LogP contribution in [0.15, 0.2) is 0 Å². The van der Waals surface area contributed by atoms with Crippen LogP contribution >= 0.6 is 0 Å². The molecule has 7 rings (SSSR count). The Morgan fingerprint density at radius 1 is 1.00 bits per heavy atom. The fourth-order valence-corrected chi connectivity index (χ4v) is 9.29. The Labute approximate surface area is 139 Å². The van der Waals surface area contributed by atoms with Crippen molar-refractivity contribution >= 4 is 0 Å². The third kappa shape index (κ3) is 1.32. The molecule has 0 aromatic carbocycles. The van der Waals surface area contributed by atoms with Crippen molar-refractivity contribution in [2.75, 3.05) is 0 Å². The third-order valence-electron chi connectivity index (χ3n) is 9.54. The van der Waals surface area contributed by atoms with Gasteiger partial charge in [0.25, 0.3) is 0 Å². The molecule has 3 nitrogen and oxygen atoms in total. The van der Waals surface area contributed by atoms with Crippen LogP contribution in [-0.2, 0) is 0 Å². The van der Waals surface area contributed by atoms with Crippen LogP contribution in [0.25, 0.3) is 0 Å². The maximum absolute atomic E-state index is 12.0. The number of aliphatic hydroxyl groups is 2. The maximum atomic E-state index is 12.0. The summed E-state index contributed by atoms with van der Waals surface area (Å²) in [5.41, 5.74) is -0.557. The first kappa shape index (κ1) is 14.1. The predicted octanol–water partition coefficient (Wildman–Crippen LogP) is 2.55. The second-order valence-electron chi connectivity index (χ2n) is 9.97. The van der Waals surface area contributed by atoms with Gasteiger partial charge in [-0.3, -0.25) is 4.90 Å². The average molecular weight is 317 g/mol. The molecule has 7 fully saturated rings. The van der Waals surface area contributed by atoms with Crippen molar-refractivity contribution in [3.05, 3.63) is 0 Å². The van der Waals surface area contributed by atoms with Crippen molar-refractivity contribution in [1.29, 1.82) is 0 Å². The maximum Gasteiger partial charge on any atom is 0.0880 e. The number of piperidine rings is 2. The molecule has 0 radical (unpaired) electrons. The molecule has 6 bridgehead atoms. The number of rotatable bonds is 0. The molecular formula is C20H31NO2. The zero-order valence-electron chi connectivity index (χ0n) is 14.3. The van der Waals surface area contributed by atoms with Crippen LogP contribution in [0, 0.1) is 29.6 Å². The van der Waals surface area contributed by atoms with Gasteiger partial charge in [0.1, 0.15) is 0 Å². The van der Waals surface area contributed by atoms with Gasteiger partial charge in [0, 0.05) is 18.0 Å². The van der Waals surface area contributed by atoms with E-state index in [4.69, 9.17) is 0 Å². The molecule has 128 valence electrons. The lowest BCUT2D eigenvalue weighted by Crippen LogP contribution is -2.69. The summed E-state index contributed by atoms with van der Waals surface area (Å²) in [6, 6.07) is 1.21. The van der Waals surface area contributed by atoms with Crippen molar-refractivity contribution in [2.45, 2.75) is 94.0 Å². The number of hydrogen-bond acceptors (Lipinski definition) is 3. The molecule has 3 aliphatic heterocycles. The summed E-state index contributed by atoms with van der Waals surface area (Å²) >= 11 is 0. The predicted molar refractivity (Wildman–Crippen MR) is 87.8 cm³/mol. The van der Waals surface area contributed by atoms with Gasteiger partial charge in [-0.2, -0.15) is 0 Å². The fraction of sp³-hybridized carbons (Fsp3) is 1.00. The minimum Gasteiger partial charge on any atom is -0.393 e. The SMILES string of the molecule is C[C@@H]1CC[C@H]2[C@@H]3C[C@@H]4C[C@@]2(O)[C@]2(C[C@H](O)[C@H]5CCCC[C@@H]5[C@@H]42)N13. The largest absolute Gasteiger partial charge is 0.393 e. The molecule has 3 heterocycles. The summed E-state index contributed by atoms with van der Waals surface area (Å²) in [6.07, 6.45) is 10.7. The highest BCUT2D eigenvalue weighted by Gasteiger charge is 2.82. The zero-order valence-corrected chi connectivity index (χ0v) is 14.3. The van der Waals surface area contributed by atoms with Gasteiger partial charge in [0.15, 0.2) is 0 Å². The van der Waals surface area contributed by atoms with Gasteiger partial charge < -0.3 is 10.2 Å². The lowest BCUT2D eigenvalue weighted by molar-refractivity contribution is -0.171. The van der Waals surface area contributed by atoms with Crippen molar-refractivity contribution < 1.29 is 10.2 Å². The Balaban J connectivity index is 1.54. The molecular weight excluding hydrogens is 286 g/mol. The van der Waals surface area contributed by atoms with Crippen molar-refractivity contribution in [3.63, 3.8) is 0 Å². The van der Waals surface area contributed by atoms with Gasteiger partial charge in [0.2, 0.25) is 0 Å². The van der Waals surface area contributed by atoms with Gasteiger partial charge in [-0.15, -0.1) is 0 Å². The molecule has 4 aliphatic carbocycles. The molecule has 2 N–H and O–H groups in total. The Kier molecular flexibility index (Phi) is 2.55. The summed E-state index contributed by atoms with van der Waals surface area (Å²) in [4.78, 5) is 2.78. The van der Waals surface area contributed by atoms with E-state index in [1.165, 1.54) is 44.9 Å². The van der Waals surface area contributed by atoms with Gasteiger partial charge in [-0.05, 0) is 75.5 Å². The summed E-state index contributed by atoms with van der Waals surface area (Å²) in [6.45, 7) is 2.39. The van der Waals surface area contributed by atoms with Crippen molar-refractivity contribution in [1.82, 2.24) is 4.90 Å². The minimum atomic E-state index is -0.487. The number of hydrogen-bond donors (Lipinski definition) is 2. The first-order valence-electron chi connectivity index (χ1n) is 10.3. The molecule has 1 spiro atoms. The molecule has 0 amide bonds. The van der Waals surface area contributed by atoms with Gasteiger partial charge >= 0.3 is 0 Å². The summed E-state index contributed by atoms with van der Waals surface area (Å²) < 4.78 is 0. The van der Waals surface area contributed by atoms with E-state index in [1.54, 1.807) is 0 Å². The van der Waals surface area contributed by atoms with Crippen LogP contribution in [0.3, 0.4) is 0 Å². The van der Waals surface area contributed by atoms with Gasteiger partial charge in [-0.25, -0.2) is 0 Å². The molecule has 7 aliphatic rings. The Morgan fingerprint density at radius 2 is 1.78 bits per heavy atom. The second kappa shape index (κ2) is 4.16. The van der Waals surface area contributed by atoms with Crippen molar-refractivity contribution in [3.8, 4) is 0 Å². The number of nitrogens with zero attached hydrogens (tertiary/aromatic N) is 1. The Morgan fingerprint density at radius 3 is 2.61 bits per heavy atom. The van der Waals surface area contributed by atoms with Crippen molar-refractivity contribution in [2.24, 2.45) is 29.6 Å². The summed E-state index contributed by atoms with van der Waals surface area (Å²) in [5, 5.41) is 23.0. The Hall–Kier alpha value is -0.120. The molecule has 1 unspecified atom stereocenters. The van der Waals surface area contributed by atoms with Crippen LogP contribution in [0.4, 0.5) is 0 Å². The van der Waals surface area contributed by atoms with E-state index in [2.05, 4.69) is 11.8 Å². The third-order valence-corrected chi connectivity index (χ3v) is 9.54. The molecule has 3 saturated heterocycles. The summed E-state index contributed by atoms with van der Waals surface area (Å²) in [7, 11) is 0. The quantitative estimate of drug-likeness (QED) is 0.722. The normalized spacial score (nSPS) is 68.7. The van der Waals surface area contributed by atoms with Crippen LogP contribution in [-0.4, -0.2) is 44.4 Å². The average Bonchev–Trinajstić information content (AvgIpc) is 2.75. The molecule has 23 heavy (non-hydrogen) atoms. The minimum absolute atomic E-state index is 0.0703.